The average molecular weight is 316 g/mol. The topological polar surface area (TPSA) is 51.2 Å². The molecule has 0 aromatic heterocycles. The molecule has 0 amide bonds. The Bertz CT molecular complexity index is 567. The molecule has 0 saturated heterocycles. The molecule has 1 unspecified atom stereocenters. The van der Waals surface area contributed by atoms with Crippen LogP contribution in [0.25, 0.3) is 0 Å². The monoisotopic (exact) mass is 316 g/mol. The van der Waals surface area contributed by atoms with E-state index in [1.54, 1.807) is 0 Å². The molecule has 7 atom stereocenters. The molecule has 23 heavy (non-hydrogen) atoms. The molecule has 0 radical (unpaired) electrons. The summed E-state index contributed by atoms with van der Waals surface area (Å²) in [7, 11) is 0. The first kappa shape index (κ1) is 15.5. The molecule has 4 fully saturated rings. The van der Waals surface area contributed by atoms with Crippen LogP contribution in [0.4, 0.5) is 0 Å². The molecule has 4 aliphatic rings. The Labute approximate surface area is 138 Å². The Morgan fingerprint density at radius 1 is 1.04 bits per heavy atom. The van der Waals surface area contributed by atoms with E-state index >= 15 is 0 Å². The lowest BCUT2D eigenvalue weighted by molar-refractivity contribution is -0.158. The van der Waals surface area contributed by atoms with Gasteiger partial charge in [-0.1, -0.05) is 13.8 Å². The molecule has 0 aliphatic heterocycles. The van der Waals surface area contributed by atoms with Crippen molar-refractivity contribution in [1.29, 1.82) is 0 Å². The van der Waals surface area contributed by atoms with Gasteiger partial charge in [0.05, 0.1) is 0 Å². The summed E-state index contributed by atoms with van der Waals surface area (Å²) in [5, 5.41) is 0. The maximum absolute atomic E-state index is 12.9. The Kier molecular flexibility index (Phi) is 3.38. The summed E-state index contributed by atoms with van der Waals surface area (Å²) in [6.07, 6.45) is 8.23. The minimum absolute atomic E-state index is 0.0620. The minimum Gasteiger partial charge on any atom is -0.303 e. The Morgan fingerprint density at radius 3 is 2.57 bits per heavy atom. The van der Waals surface area contributed by atoms with Crippen molar-refractivity contribution in [2.24, 2.45) is 40.4 Å². The third-order valence-electron chi connectivity index (χ3n) is 8.40. The van der Waals surface area contributed by atoms with Crippen molar-refractivity contribution >= 4 is 17.9 Å². The fourth-order valence-corrected chi connectivity index (χ4v) is 6.96. The molecule has 3 nitrogen and oxygen atoms in total. The predicted octanol–water partition coefficient (Wildman–Crippen LogP) is 3.59. The van der Waals surface area contributed by atoms with Crippen LogP contribution in [0, 0.1) is 40.4 Å². The molecule has 3 heteroatoms. The van der Waals surface area contributed by atoms with E-state index in [1.807, 2.05) is 0 Å². The molecule has 4 aliphatic carbocycles. The third kappa shape index (κ3) is 1.97. The smallest absolute Gasteiger partial charge is 0.139 e. The number of ketones is 2. The van der Waals surface area contributed by atoms with Gasteiger partial charge in [-0.25, -0.2) is 0 Å². The first-order chi connectivity index (χ1) is 10.9. The number of rotatable bonds is 1. The van der Waals surface area contributed by atoms with Crippen LogP contribution in [0.3, 0.4) is 0 Å². The molecule has 0 N–H and O–H groups in total. The quantitative estimate of drug-likeness (QED) is 0.695. The standard InChI is InChI=1S/C20H28O3/c1-19-7-5-12(11-21)9-16(19)17(22)10-13-14-3-4-18(23)20(14,2)8-6-15(13)19/h11-16H,3-10H2,1-2H3/t12-,13+,14+,15+,16?,19-,20+/m1/s1. The zero-order valence-corrected chi connectivity index (χ0v) is 14.3. The van der Waals surface area contributed by atoms with Gasteiger partial charge in [0.25, 0.3) is 0 Å². The lowest BCUT2D eigenvalue weighted by Gasteiger charge is -2.59. The van der Waals surface area contributed by atoms with Gasteiger partial charge < -0.3 is 4.79 Å². The van der Waals surface area contributed by atoms with Crippen molar-refractivity contribution < 1.29 is 14.4 Å². The Balaban J connectivity index is 1.67. The summed E-state index contributed by atoms with van der Waals surface area (Å²) >= 11 is 0. The van der Waals surface area contributed by atoms with Crippen molar-refractivity contribution in [2.45, 2.75) is 65.2 Å². The van der Waals surface area contributed by atoms with Crippen molar-refractivity contribution in [2.75, 3.05) is 0 Å². The number of carbonyl (C=O) groups is 3. The highest BCUT2D eigenvalue weighted by atomic mass is 16.1. The van der Waals surface area contributed by atoms with Crippen LogP contribution in [-0.2, 0) is 14.4 Å². The molecule has 0 bridgehead atoms. The van der Waals surface area contributed by atoms with Gasteiger partial charge >= 0.3 is 0 Å². The largest absolute Gasteiger partial charge is 0.303 e. The van der Waals surface area contributed by atoms with Gasteiger partial charge in [0, 0.05) is 30.1 Å². The second-order valence-corrected chi connectivity index (χ2v) is 9.19. The van der Waals surface area contributed by atoms with Crippen LogP contribution in [-0.4, -0.2) is 17.9 Å². The molecular formula is C20H28O3. The number of Topliss-reactive ketones (excluding diaryl/α,β-unsaturated/α-hetero) is 2. The number of carbonyl (C=O) groups excluding carboxylic acids is 3. The van der Waals surface area contributed by atoms with E-state index in [1.165, 1.54) is 0 Å². The van der Waals surface area contributed by atoms with Gasteiger partial charge in [0.1, 0.15) is 17.9 Å². The Morgan fingerprint density at radius 2 is 1.83 bits per heavy atom. The summed E-state index contributed by atoms with van der Waals surface area (Å²) in [6.45, 7) is 4.47. The molecule has 0 aromatic carbocycles. The molecule has 0 aromatic rings. The third-order valence-corrected chi connectivity index (χ3v) is 8.40. The first-order valence-electron chi connectivity index (χ1n) is 9.41. The molecular weight excluding hydrogens is 288 g/mol. The van der Waals surface area contributed by atoms with Crippen molar-refractivity contribution in [3.05, 3.63) is 0 Å². The first-order valence-corrected chi connectivity index (χ1v) is 9.41. The maximum Gasteiger partial charge on any atom is 0.139 e. The lowest BCUT2D eigenvalue weighted by Crippen LogP contribution is -2.56. The van der Waals surface area contributed by atoms with E-state index in [4.69, 9.17) is 0 Å². The molecule has 0 heterocycles. The molecule has 4 rings (SSSR count). The predicted molar refractivity (Wildman–Crippen MR) is 86.7 cm³/mol. The maximum atomic E-state index is 12.9. The van der Waals surface area contributed by atoms with Gasteiger partial charge in [-0.15, -0.1) is 0 Å². The summed E-state index contributed by atoms with van der Waals surface area (Å²) in [5.74, 6) is 2.36. The van der Waals surface area contributed by atoms with E-state index in [0.29, 0.717) is 42.2 Å². The summed E-state index contributed by atoms with van der Waals surface area (Å²) in [4.78, 5) is 36.5. The second-order valence-electron chi connectivity index (χ2n) is 9.19. The average Bonchev–Trinajstić information content (AvgIpc) is 2.83. The second kappa shape index (κ2) is 5.00. The number of hydrogen-bond acceptors (Lipinski definition) is 3. The van der Waals surface area contributed by atoms with Crippen LogP contribution in [0.2, 0.25) is 0 Å². The zero-order chi connectivity index (χ0) is 16.4. The van der Waals surface area contributed by atoms with E-state index in [9.17, 15) is 14.4 Å². The highest BCUT2D eigenvalue weighted by Crippen LogP contribution is 2.64. The highest BCUT2D eigenvalue weighted by molar-refractivity contribution is 5.88. The van der Waals surface area contributed by atoms with Crippen LogP contribution in [0.15, 0.2) is 0 Å². The lowest BCUT2D eigenvalue weighted by atomic mass is 9.44. The van der Waals surface area contributed by atoms with E-state index in [-0.39, 0.29) is 22.7 Å². The van der Waals surface area contributed by atoms with Gasteiger partial charge in [0.2, 0.25) is 0 Å². The van der Waals surface area contributed by atoms with E-state index in [2.05, 4.69) is 13.8 Å². The SMILES string of the molecule is C[C@]12CC[C@@H](C=O)CC1C(=O)C[C@@H]1[C@@H]2CC[C@]2(C)C(=O)CC[C@@H]12. The van der Waals surface area contributed by atoms with Gasteiger partial charge in [-0.3, -0.25) is 9.59 Å². The van der Waals surface area contributed by atoms with Crippen LogP contribution >= 0.6 is 0 Å². The molecule has 4 saturated carbocycles. The fraction of sp³-hybridized carbons (Fsp3) is 0.850. The van der Waals surface area contributed by atoms with Crippen LogP contribution < -0.4 is 0 Å². The number of fused-ring (bicyclic) bond motifs is 5. The van der Waals surface area contributed by atoms with Gasteiger partial charge in [-0.2, -0.15) is 0 Å². The summed E-state index contributed by atoms with van der Waals surface area (Å²) in [5.41, 5.74) is -0.100. The van der Waals surface area contributed by atoms with Gasteiger partial charge in [0.15, 0.2) is 0 Å². The van der Waals surface area contributed by atoms with Gasteiger partial charge in [-0.05, 0) is 61.7 Å². The van der Waals surface area contributed by atoms with Crippen LogP contribution in [0.1, 0.15) is 65.2 Å². The van der Waals surface area contributed by atoms with E-state index < -0.39 is 0 Å². The number of aldehydes is 1. The summed E-state index contributed by atoms with van der Waals surface area (Å²) < 4.78 is 0. The minimum atomic E-state index is -0.162. The van der Waals surface area contributed by atoms with Crippen molar-refractivity contribution in [3.63, 3.8) is 0 Å². The summed E-state index contributed by atoms with van der Waals surface area (Å²) in [6, 6.07) is 0. The molecule has 0 spiro atoms. The van der Waals surface area contributed by atoms with Crippen molar-refractivity contribution in [1.82, 2.24) is 0 Å². The normalized spacial score (nSPS) is 52.5. The molecule has 126 valence electrons. The number of hydrogen-bond donors (Lipinski definition) is 0. The van der Waals surface area contributed by atoms with E-state index in [0.717, 1.165) is 44.8 Å². The van der Waals surface area contributed by atoms with Crippen molar-refractivity contribution in [3.8, 4) is 0 Å². The zero-order valence-electron chi connectivity index (χ0n) is 14.3. The highest BCUT2D eigenvalue weighted by Gasteiger charge is 2.62. The Hall–Kier alpha value is -0.990. The van der Waals surface area contributed by atoms with Crippen LogP contribution in [0.5, 0.6) is 0 Å². The fourth-order valence-electron chi connectivity index (χ4n) is 6.96.